The van der Waals surface area contributed by atoms with Gasteiger partial charge in [-0.05, 0) is 59.7 Å². The highest BCUT2D eigenvalue weighted by Gasteiger charge is 2.31. The molecule has 4 nitrogen and oxygen atoms in total. The lowest BCUT2D eigenvalue weighted by molar-refractivity contribution is -0.0277. The van der Waals surface area contributed by atoms with Crippen molar-refractivity contribution in [3.63, 3.8) is 0 Å². The summed E-state index contributed by atoms with van der Waals surface area (Å²) in [7, 11) is -1.71. The quantitative estimate of drug-likeness (QED) is 0.658. The van der Waals surface area contributed by atoms with Crippen molar-refractivity contribution >= 4 is 14.4 Å². The van der Waals surface area contributed by atoms with Gasteiger partial charge >= 0.3 is 6.09 Å². The van der Waals surface area contributed by atoms with Crippen LogP contribution in [0.2, 0.25) is 19.6 Å². The molecule has 22 heavy (non-hydrogen) atoms. The second-order valence-electron chi connectivity index (χ2n) is 8.27. The van der Waals surface area contributed by atoms with Gasteiger partial charge in [0.2, 0.25) is 0 Å². The third kappa shape index (κ3) is 8.18. The minimum absolute atomic E-state index is 0.125. The zero-order chi connectivity index (χ0) is 16.8. The molecule has 0 spiro atoms. The van der Waals surface area contributed by atoms with E-state index in [4.69, 9.17) is 9.16 Å². The van der Waals surface area contributed by atoms with E-state index in [1.54, 1.807) is 0 Å². The van der Waals surface area contributed by atoms with E-state index in [9.17, 15) is 4.79 Å². The summed E-state index contributed by atoms with van der Waals surface area (Å²) in [6.45, 7) is 13.0. The van der Waals surface area contributed by atoms with E-state index in [2.05, 4.69) is 19.6 Å². The monoisotopic (exact) mass is 329 g/mol. The standard InChI is InChI=1S/C17H35NO3Si/c1-17(2,3)20-16(19)18-14-12-10-8-7-9-11-13-15(18)21-22(4,5)6/h15H,7-14H2,1-6H3. The predicted molar refractivity (Wildman–Crippen MR) is 93.5 cm³/mol. The van der Waals surface area contributed by atoms with Gasteiger partial charge in [-0.25, -0.2) is 4.79 Å². The number of nitrogens with zero attached hydrogens (tertiary/aromatic N) is 1. The van der Waals surface area contributed by atoms with Gasteiger partial charge in [-0.1, -0.05) is 25.7 Å². The Labute approximate surface area is 137 Å². The van der Waals surface area contributed by atoms with Crippen molar-refractivity contribution in [3.05, 3.63) is 0 Å². The average Bonchev–Trinajstić information content (AvgIpc) is 2.32. The normalized spacial score (nSPS) is 22.3. The second-order valence-corrected chi connectivity index (χ2v) is 12.7. The Balaban J connectivity index is 2.85. The third-order valence-corrected chi connectivity index (χ3v) is 4.54. The Hall–Kier alpha value is -0.553. The van der Waals surface area contributed by atoms with Crippen molar-refractivity contribution in [2.75, 3.05) is 6.54 Å². The first kappa shape index (κ1) is 19.5. The molecule has 1 saturated heterocycles. The Morgan fingerprint density at radius 3 is 2.09 bits per heavy atom. The molecule has 1 unspecified atom stereocenters. The van der Waals surface area contributed by atoms with Gasteiger partial charge in [-0.2, -0.15) is 0 Å². The molecule has 0 aromatic heterocycles. The van der Waals surface area contributed by atoms with E-state index < -0.39 is 13.9 Å². The van der Waals surface area contributed by atoms with Crippen molar-refractivity contribution in [2.45, 2.75) is 97.2 Å². The molecular formula is C17H35NO3Si. The molecule has 5 heteroatoms. The summed E-state index contributed by atoms with van der Waals surface area (Å²) in [6, 6.07) is 0. The van der Waals surface area contributed by atoms with Gasteiger partial charge in [0.05, 0.1) is 0 Å². The number of amides is 1. The number of carbonyl (C=O) groups is 1. The molecule has 0 saturated carbocycles. The Bertz CT molecular complexity index is 347. The number of carbonyl (C=O) groups excluding carboxylic acids is 1. The van der Waals surface area contributed by atoms with E-state index in [1.165, 1.54) is 25.7 Å². The number of ether oxygens (including phenoxy) is 1. The molecular weight excluding hydrogens is 294 g/mol. The van der Waals surface area contributed by atoms with Crippen molar-refractivity contribution in [2.24, 2.45) is 0 Å². The summed E-state index contributed by atoms with van der Waals surface area (Å²) in [5.41, 5.74) is -0.462. The number of hydrogen-bond donors (Lipinski definition) is 0. The molecule has 1 heterocycles. The maximum absolute atomic E-state index is 12.6. The first-order chi connectivity index (χ1) is 10.1. The fraction of sp³-hybridized carbons (Fsp3) is 0.941. The lowest BCUT2D eigenvalue weighted by Gasteiger charge is -2.37. The van der Waals surface area contributed by atoms with Crippen LogP contribution >= 0.6 is 0 Å². The van der Waals surface area contributed by atoms with Crippen molar-refractivity contribution < 1.29 is 14.0 Å². The Kier molecular flexibility index (Phi) is 7.39. The van der Waals surface area contributed by atoms with Crippen LogP contribution in [0.4, 0.5) is 4.79 Å². The van der Waals surface area contributed by atoms with Crippen LogP contribution in [-0.4, -0.2) is 37.7 Å². The van der Waals surface area contributed by atoms with Crippen LogP contribution in [0, 0.1) is 0 Å². The highest BCUT2D eigenvalue weighted by atomic mass is 28.4. The summed E-state index contributed by atoms with van der Waals surface area (Å²) >= 11 is 0. The van der Waals surface area contributed by atoms with E-state index in [1.807, 2.05) is 25.7 Å². The van der Waals surface area contributed by atoms with Gasteiger partial charge in [-0.15, -0.1) is 0 Å². The van der Waals surface area contributed by atoms with Crippen molar-refractivity contribution in [3.8, 4) is 0 Å². The highest BCUT2D eigenvalue weighted by molar-refractivity contribution is 6.69. The summed E-state index contributed by atoms with van der Waals surface area (Å²) in [6.07, 6.45) is 7.69. The lowest BCUT2D eigenvalue weighted by atomic mass is 10.1. The van der Waals surface area contributed by atoms with Crippen molar-refractivity contribution in [1.29, 1.82) is 0 Å². The van der Waals surface area contributed by atoms with E-state index in [0.717, 1.165) is 25.8 Å². The van der Waals surface area contributed by atoms with Gasteiger partial charge in [0.25, 0.3) is 0 Å². The van der Waals surface area contributed by atoms with Gasteiger partial charge in [-0.3, -0.25) is 4.90 Å². The molecule has 0 aromatic carbocycles. The zero-order valence-corrected chi connectivity index (χ0v) is 16.4. The van der Waals surface area contributed by atoms with Crippen LogP contribution in [-0.2, 0) is 9.16 Å². The number of hydrogen-bond acceptors (Lipinski definition) is 3. The molecule has 1 aliphatic rings. The van der Waals surface area contributed by atoms with Gasteiger partial charge in [0.15, 0.2) is 8.32 Å². The Morgan fingerprint density at radius 2 is 1.55 bits per heavy atom. The molecule has 1 fully saturated rings. The van der Waals surface area contributed by atoms with Crippen LogP contribution < -0.4 is 0 Å². The fourth-order valence-corrected chi connectivity index (χ4v) is 3.73. The smallest absolute Gasteiger partial charge is 0.412 e. The van der Waals surface area contributed by atoms with E-state index >= 15 is 0 Å². The minimum atomic E-state index is -1.71. The molecule has 1 atom stereocenters. The van der Waals surface area contributed by atoms with Crippen LogP contribution in [0.1, 0.15) is 65.7 Å². The molecule has 1 aliphatic heterocycles. The van der Waals surface area contributed by atoms with Gasteiger partial charge in [0, 0.05) is 6.54 Å². The van der Waals surface area contributed by atoms with Gasteiger partial charge in [0.1, 0.15) is 11.8 Å². The minimum Gasteiger partial charge on any atom is -0.444 e. The molecule has 0 radical (unpaired) electrons. The predicted octanol–water partition coefficient (Wildman–Crippen LogP) is 5.15. The van der Waals surface area contributed by atoms with Crippen LogP contribution in [0.25, 0.3) is 0 Å². The fourth-order valence-electron chi connectivity index (χ4n) is 2.67. The second kappa shape index (κ2) is 8.34. The van der Waals surface area contributed by atoms with Gasteiger partial charge < -0.3 is 9.16 Å². The molecule has 130 valence electrons. The van der Waals surface area contributed by atoms with Crippen LogP contribution in [0.15, 0.2) is 0 Å². The molecule has 0 bridgehead atoms. The maximum Gasteiger partial charge on any atom is 0.412 e. The first-order valence-corrected chi connectivity index (χ1v) is 12.2. The largest absolute Gasteiger partial charge is 0.444 e. The highest BCUT2D eigenvalue weighted by Crippen LogP contribution is 2.22. The van der Waals surface area contributed by atoms with E-state index in [0.29, 0.717) is 0 Å². The maximum atomic E-state index is 12.6. The Morgan fingerprint density at radius 1 is 1.00 bits per heavy atom. The molecule has 0 aliphatic carbocycles. The topological polar surface area (TPSA) is 38.8 Å². The lowest BCUT2D eigenvalue weighted by Crippen LogP contribution is -2.49. The van der Waals surface area contributed by atoms with Crippen LogP contribution in [0.5, 0.6) is 0 Å². The molecule has 0 aromatic rings. The summed E-state index contributed by atoms with van der Waals surface area (Å²) in [5, 5.41) is 0. The number of rotatable bonds is 2. The van der Waals surface area contributed by atoms with Crippen molar-refractivity contribution in [1.82, 2.24) is 4.90 Å². The SMILES string of the molecule is CC(C)(C)OC(=O)N1CCCCCCCCC1O[Si](C)(C)C. The third-order valence-electron chi connectivity index (χ3n) is 3.57. The first-order valence-electron chi connectivity index (χ1n) is 8.76. The zero-order valence-electron chi connectivity index (χ0n) is 15.4. The van der Waals surface area contributed by atoms with E-state index in [-0.39, 0.29) is 12.3 Å². The average molecular weight is 330 g/mol. The van der Waals surface area contributed by atoms with Crippen LogP contribution in [0.3, 0.4) is 0 Å². The molecule has 0 N–H and O–H groups in total. The molecule has 1 rings (SSSR count). The summed E-state index contributed by atoms with van der Waals surface area (Å²) < 4.78 is 11.9. The summed E-state index contributed by atoms with van der Waals surface area (Å²) in [5.74, 6) is 0. The summed E-state index contributed by atoms with van der Waals surface area (Å²) in [4.78, 5) is 14.5. The molecule has 1 amide bonds.